The molecule has 0 aliphatic rings. The molecule has 0 aliphatic heterocycles. The minimum atomic E-state index is -0.851. The zero-order valence-electron chi connectivity index (χ0n) is 42.2. The molecule has 0 aromatic carbocycles. The molecule has 1 amide bonds. The number of carbonyl (C=O) groups excluding carboxylic acids is 2. The summed E-state index contributed by atoms with van der Waals surface area (Å²) in [5, 5.41) is 23.0. The number of amides is 1. The summed E-state index contributed by atoms with van der Waals surface area (Å²) in [5.41, 5.74) is 0. The summed E-state index contributed by atoms with van der Waals surface area (Å²) in [5.74, 6) is -0.109. The van der Waals surface area contributed by atoms with Gasteiger partial charge in [0.05, 0.1) is 25.4 Å². The van der Waals surface area contributed by atoms with Gasteiger partial charge in [-0.15, -0.1) is 0 Å². The van der Waals surface area contributed by atoms with Crippen LogP contribution in [0.5, 0.6) is 0 Å². The Balaban J connectivity index is 3.52. The molecule has 6 heteroatoms. The topological polar surface area (TPSA) is 95.9 Å². The number of allylic oxidation sites excluding steroid dienone is 9. The van der Waals surface area contributed by atoms with Gasteiger partial charge >= 0.3 is 5.97 Å². The van der Waals surface area contributed by atoms with Gasteiger partial charge in [0.15, 0.2) is 0 Å². The van der Waals surface area contributed by atoms with Crippen molar-refractivity contribution < 1.29 is 24.5 Å². The summed E-state index contributed by atoms with van der Waals surface area (Å²) in [4.78, 5) is 24.4. The van der Waals surface area contributed by atoms with Crippen molar-refractivity contribution in [3.63, 3.8) is 0 Å². The van der Waals surface area contributed by atoms with E-state index >= 15 is 0 Å². The van der Waals surface area contributed by atoms with Crippen LogP contribution in [-0.2, 0) is 14.3 Å². The van der Waals surface area contributed by atoms with E-state index in [4.69, 9.17) is 4.74 Å². The predicted octanol–water partition coefficient (Wildman–Crippen LogP) is 16.8. The van der Waals surface area contributed by atoms with Crippen LogP contribution in [0, 0.1) is 0 Å². The lowest BCUT2D eigenvalue weighted by Crippen LogP contribution is -2.45. The molecule has 0 heterocycles. The second-order valence-electron chi connectivity index (χ2n) is 18.6. The molecule has 0 fully saturated rings. The SMILES string of the molecule is CCCCCC/C=C\C/C=C\CCCCCCCC(=O)OCCCCC/C=C\C=C/CCCCCCCCCCCCC(=O)NC(CO)C(O)/C=C/CCCCCCCCCCCC. The highest BCUT2D eigenvalue weighted by atomic mass is 16.5. The van der Waals surface area contributed by atoms with Gasteiger partial charge in [0, 0.05) is 12.8 Å². The number of hydrogen-bond donors (Lipinski definition) is 3. The van der Waals surface area contributed by atoms with Gasteiger partial charge in [-0.3, -0.25) is 9.59 Å². The molecule has 6 nitrogen and oxygen atoms in total. The molecule has 0 aromatic rings. The normalized spacial score (nSPS) is 13.1. The number of esters is 1. The predicted molar refractivity (Wildman–Crippen MR) is 278 cm³/mol. The van der Waals surface area contributed by atoms with Crippen LogP contribution in [0.2, 0.25) is 0 Å². The highest BCUT2D eigenvalue weighted by Crippen LogP contribution is 2.15. The molecule has 2 atom stereocenters. The third-order valence-corrected chi connectivity index (χ3v) is 12.3. The van der Waals surface area contributed by atoms with Crippen LogP contribution >= 0.6 is 0 Å². The Morgan fingerprint density at radius 2 is 0.828 bits per heavy atom. The number of unbranched alkanes of at least 4 members (excludes halogenated alkanes) is 32. The largest absolute Gasteiger partial charge is 0.466 e. The van der Waals surface area contributed by atoms with Crippen molar-refractivity contribution in [1.29, 1.82) is 0 Å². The van der Waals surface area contributed by atoms with E-state index in [1.165, 1.54) is 154 Å². The summed E-state index contributed by atoms with van der Waals surface area (Å²) in [6, 6.07) is -0.636. The molecule has 0 saturated heterocycles. The van der Waals surface area contributed by atoms with E-state index in [9.17, 15) is 19.8 Å². The van der Waals surface area contributed by atoms with Crippen LogP contribution < -0.4 is 5.32 Å². The Kier molecular flexibility index (Phi) is 51.2. The molecule has 2 unspecified atom stereocenters. The lowest BCUT2D eigenvalue weighted by molar-refractivity contribution is -0.143. The minimum absolute atomic E-state index is 0.0287. The summed E-state index contributed by atoms with van der Waals surface area (Å²) >= 11 is 0. The third kappa shape index (κ3) is 49.0. The number of aliphatic hydroxyl groups is 2. The molecule has 3 N–H and O–H groups in total. The summed E-state index contributed by atoms with van der Waals surface area (Å²) < 4.78 is 5.44. The molecule has 0 radical (unpaired) electrons. The monoisotopic (exact) mass is 896 g/mol. The highest BCUT2D eigenvalue weighted by Gasteiger charge is 2.18. The van der Waals surface area contributed by atoms with Crippen molar-refractivity contribution in [3.8, 4) is 0 Å². The molecule has 0 aliphatic carbocycles. The zero-order chi connectivity index (χ0) is 46.5. The third-order valence-electron chi connectivity index (χ3n) is 12.3. The maximum atomic E-state index is 12.4. The first-order chi connectivity index (χ1) is 31.5. The average molecular weight is 896 g/mol. The zero-order valence-corrected chi connectivity index (χ0v) is 42.2. The van der Waals surface area contributed by atoms with E-state index < -0.39 is 12.1 Å². The maximum absolute atomic E-state index is 12.4. The number of nitrogens with one attached hydrogen (secondary N) is 1. The molecule has 64 heavy (non-hydrogen) atoms. The highest BCUT2D eigenvalue weighted by molar-refractivity contribution is 5.76. The Morgan fingerprint density at radius 3 is 1.30 bits per heavy atom. The fourth-order valence-electron chi connectivity index (χ4n) is 8.01. The molecule has 372 valence electrons. The molecule has 0 bridgehead atoms. The fourth-order valence-corrected chi connectivity index (χ4v) is 8.01. The maximum Gasteiger partial charge on any atom is 0.305 e. The van der Waals surface area contributed by atoms with Gasteiger partial charge in [0.1, 0.15) is 0 Å². The van der Waals surface area contributed by atoms with Gasteiger partial charge in [-0.05, 0) is 96.3 Å². The first kappa shape index (κ1) is 61.6. The van der Waals surface area contributed by atoms with Crippen LogP contribution in [0.3, 0.4) is 0 Å². The van der Waals surface area contributed by atoms with Crippen molar-refractivity contribution in [2.24, 2.45) is 0 Å². The second kappa shape index (κ2) is 53.2. The summed E-state index contributed by atoms with van der Waals surface area (Å²) in [7, 11) is 0. The molecule has 0 rings (SSSR count). The fraction of sp³-hybridized carbons (Fsp3) is 0.793. The Labute approximate surface area is 397 Å². The molecule has 0 saturated carbocycles. The number of ether oxygens (including phenoxy) is 1. The van der Waals surface area contributed by atoms with Gasteiger partial charge in [-0.2, -0.15) is 0 Å². The van der Waals surface area contributed by atoms with E-state index in [0.29, 0.717) is 19.4 Å². The molecular weight excluding hydrogens is 791 g/mol. The van der Waals surface area contributed by atoms with E-state index in [0.717, 1.165) is 89.9 Å². The van der Waals surface area contributed by atoms with Crippen LogP contribution in [0.25, 0.3) is 0 Å². The molecule has 0 aromatic heterocycles. The van der Waals surface area contributed by atoms with Crippen molar-refractivity contribution in [3.05, 3.63) is 60.8 Å². The van der Waals surface area contributed by atoms with E-state index in [1.807, 2.05) is 6.08 Å². The standard InChI is InChI=1S/C58H105NO5/c1-3-5-7-9-11-13-15-17-18-25-28-32-36-40-44-48-52-58(63)64-53-49-45-41-37-33-29-26-23-21-19-20-22-24-27-31-35-39-43-47-51-57(62)59-55(54-60)56(61)50-46-42-38-34-30-16-14-12-10-8-6-4-2/h13,15,18,23,25-26,29,33,46,50,55-56,60-61H,3-12,14,16-17,19-22,24,27-28,30-32,34-45,47-49,51-54H2,1-2H3,(H,59,62)/b15-13-,25-18-,26-23-,33-29-,50-46+. The van der Waals surface area contributed by atoms with Crippen LogP contribution in [0.4, 0.5) is 0 Å². The van der Waals surface area contributed by atoms with E-state index in [-0.39, 0.29) is 18.5 Å². The Morgan fingerprint density at radius 1 is 0.453 bits per heavy atom. The van der Waals surface area contributed by atoms with E-state index in [2.05, 4.69) is 67.8 Å². The minimum Gasteiger partial charge on any atom is -0.466 e. The number of aliphatic hydroxyl groups excluding tert-OH is 2. The first-order valence-corrected chi connectivity index (χ1v) is 27.6. The smallest absolute Gasteiger partial charge is 0.305 e. The Bertz CT molecular complexity index is 1130. The van der Waals surface area contributed by atoms with Crippen molar-refractivity contribution >= 4 is 11.9 Å². The van der Waals surface area contributed by atoms with Crippen molar-refractivity contribution in [1.82, 2.24) is 5.32 Å². The van der Waals surface area contributed by atoms with Gasteiger partial charge in [-0.25, -0.2) is 0 Å². The lowest BCUT2D eigenvalue weighted by atomic mass is 10.0. The van der Waals surface area contributed by atoms with Gasteiger partial charge in [-0.1, -0.05) is 222 Å². The Hall–Kier alpha value is -2.44. The number of hydrogen-bond acceptors (Lipinski definition) is 5. The lowest BCUT2D eigenvalue weighted by Gasteiger charge is -2.20. The molecule has 0 spiro atoms. The van der Waals surface area contributed by atoms with Crippen molar-refractivity contribution in [2.45, 2.75) is 283 Å². The van der Waals surface area contributed by atoms with Crippen molar-refractivity contribution in [2.75, 3.05) is 13.2 Å². The van der Waals surface area contributed by atoms with Gasteiger partial charge in [0.2, 0.25) is 5.91 Å². The van der Waals surface area contributed by atoms with Crippen LogP contribution in [0.1, 0.15) is 271 Å². The van der Waals surface area contributed by atoms with Gasteiger partial charge in [0.25, 0.3) is 0 Å². The van der Waals surface area contributed by atoms with Crippen LogP contribution in [0.15, 0.2) is 60.8 Å². The average Bonchev–Trinajstić information content (AvgIpc) is 3.29. The second-order valence-corrected chi connectivity index (χ2v) is 18.6. The van der Waals surface area contributed by atoms with Gasteiger partial charge < -0.3 is 20.3 Å². The summed E-state index contributed by atoms with van der Waals surface area (Å²) in [6.45, 7) is 4.82. The summed E-state index contributed by atoms with van der Waals surface area (Å²) in [6.07, 6.45) is 68.0. The number of rotatable bonds is 50. The van der Waals surface area contributed by atoms with Crippen LogP contribution in [-0.4, -0.2) is 47.4 Å². The molecular formula is C58H105NO5. The first-order valence-electron chi connectivity index (χ1n) is 27.6. The number of carbonyl (C=O) groups is 2. The quantitative estimate of drug-likeness (QED) is 0.0245. The van der Waals surface area contributed by atoms with E-state index in [1.54, 1.807) is 6.08 Å².